The van der Waals surface area contributed by atoms with Crippen LogP contribution in [0.3, 0.4) is 0 Å². The average Bonchev–Trinajstić information content (AvgIpc) is 1.64. The summed E-state index contributed by atoms with van der Waals surface area (Å²) < 4.78 is 0. The Bertz CT molecular complexity index is 172. The number of hydrogen-bond acceptors (Lipinski definition) is 3. The number of anilines is 1. The van der Waals surface area contributed by atoms with Crippen LogP contribution < -0.4 is 5.73 Å². The lowest BCUT2D eigenvalue weighted by atomic mass is 10.4. The number of halogens is 1. The topological polar surface area (TPSA) is 51.8 Å². The molecule has 0 aliphatic carbocycles. The van der Waals surface area contributed by atoms with E-state index in [-0.39, 0.29) is 12.4 Å². The minimum Gasteiger partial charge on any atom is -0.397 e. The van der Waals surface area contributed by atoms with Crippen LogP contribution in [0.15, 0.2) is 12.3 Å². The van der Waals surface area contributed by atoms with E-state index < -0.39 is 0 Å². The molecular weight excluding hydrogens is 138 g/mol. The van der Waals surface area contributed by atoms with Gasteiger partial charge >= 0.3 is 0 Å². The van der Waals surface area contributed by atoms with Crippen LogP contribution >= 0.6 is 12.4 Å². The van der Waals surface area contributed by atoms with E-state index in [4.69, 9.17) is 5.73 Å². The van der Waals surface area contributed by atoms with Gasteiger partial charge in [0.15, 0.2) is 0 Å². The first-order chi connectivity index (χ1) is 3.79. The summed E-state index contributed by atoms with van der Waals surface area (Å²) >= 11 is 0. The van der Waals surface area contributed by atoms with Crippen molar-refractivity contribution in [1.29, 1.82) is 0 Å². The molecule has 1 rings (SSSR count). The molecule has 0 aliphatic rings. The maximum absolute atomic E-state index is 5.36. The number of nitrogen functional groups attached to an aromatic ring is 1. The van der Waals surface area contributed by atoms with Gasteiger partial charge in [0, 0.05) is 0 Å². The van der Waals surface area contributed by atoms with Crippen molar-refractivity contribution < 1.29 is 0 Å². The molecule has 0 saturated heterocycles. The molecule has 0 amide bonds. The van der Waals surface area contributed by atoms with Crippen LogP contribution in [-0.2, 0) is 0 Å². The fraction of sp³-hybridized carbons (Fsp3) is 0.200. The molecule has 2 N–H and O–H groups in total. The summed E-state index contributed by atoms with van der Waals surface area (Å²) in [5.74, 6) is 0. The Morgan fingerprint density at radius 3 is 2.56 bits per heavy atom. The van der Waals surface area contributed by atoms with Gasteiger partial charge in [0.25, 0.3) is 0 Å². The molecule has 0 spiro atoms. The molecule has 1 heterocycles. The monoisotopic (exact) mass is 145 g/mol. The van der Waals surface area contributed by atoms with Gasteiger partial charge in [0.1, 0.15) is 0 Å². The SMILES string of the molecule is Cc1cc(N)cnn1.Cl. The van der Waals surface area contributed by atoms with Crippen LogP contribution in [0, 0.1) is 6.92 Å². The van der Waals surface area contributed by atoms with Crippen LogP contribution in [0.5, 0.6) is 0 Å². The van der Waals surface area contributed by atoms with E-state index in [1.807, 2.05) is 6.92 Å². The van der Waals surface area contributed by atoms with Gasteiger partial charge in [-0.1, -0.05) is 0 Å². The molecule has 0 aromatic carbocycles. The number of nitrogens with two attached hydrogens (primary N) is 1. The Balaban J connectivity index is 0.000000640. The molecule has 0 aliphatic heterocycles. The first kappa shape index (κ1) is 8.17. The van der Waals surface area contributed by atoms with Crippen LogP contribution in [0.25, 0.3) is 0 Å². The molecule has 0 atom stereocenters. The van der Waals surface area contributed by atoms with Gasteiger partial charge in [0.05, 0.1) is 17.6 Å². The second-order valence-corrected chi connectivity index (χ2v) is 1.63. The predicted molar refractivity (Wildman–Crippen MR) is 38.4 cm³/mol. The van der Waals surface area contributed by atoms with E-state index in [9.17, 15) is 0 Å². The lowest BCUT2D eigenvalue weighted by molar-refractivity contribution is 0.984. The van der Waals surface area contributed by atoms with Crippen molar-refractivity contribution in [2.45, 2.75) is 6.92 Å². The third-order valence-corrected chi connectivity index (χ3v) is 0.798. The summed E-state index contributed by atoms with van der Waals surface area (Å²) in [6, 6.07) is 1.77. The van der Waals surface area contributed by atoms with Gasteiger partial charge < -0.3 is 5.73 Å². The molecule has 0 radical (unpaired) electrons. The van der Waals surface area contributed by atoms with Crippen LogP contribution in [0.1, 0.15) is 5.69 Å². The Morgan fingerprint density at radius 2 is 2.22 bits per heavy atom. The van der Waals surface area contributed by atoms with E-state index in [1.165, 1.54) is 6.20 Å². The maximum Gasteiger partial charge on any atom is 0.0726 e. The molecule has 50 valence electrons. The minimum absolute atomic E-state index is 0. The van der Waals surface area contributed by atoms with Crippen molar-refractivity contribution in [3.05, 3.63) is 18.0 Å². The second kappa shape index (κ2) is 3.25. The minimum atomic E-state index is 0. The van der Waals surface area contributed by atoms with Crippen molar-refractivity contribution in [3.8, 4) is 0 Å². The standard InChI is InChI=1S/C5H7N3.ClH/c1-4-2-5(6)3-7-8-4;/h2-3H,1H3,(H2,6,8);1H. The van der Waals surface area contributed by atoms with Crippen molar-refractivity contribution in [1.82, 2.24) is 10.2 Å². The molecule has 0 unspecified atom stereocenters. The van der Waals surface area contributed by atoms with Gasteiger partial charge in [-0.25, -0.2) is 0 Å². The molecule has 0 saturated carbocycles. The highest BCUT2D eigenvalue weighted by molar-refractivity contribution is 5.85. The highest BCUT2D eigenvalue weighted by Gasteiger charge is 1.84. The molecular formula is C5H8ClN3. The second-order valence-electron chi connectivity index (χ2n) is 1.63. The summed E-state index contributed by atoms with van der Waals surface area (Å²) in [5.41, 5.74) is 6.87. The zero-order valence-electron chi connectivity index (χ0n) is 5.03. The number of nitrogens with zero attached hydrogens (tertiary/aromatic N) is 2. The molecule has 4 heteroatoms. The summed E-state index contributed by atoms with van der Waals surface area (Å²) in [6.07, 6.45) is 1.52. The van der Waals surface area contributed by atoms with Crippen molar-refractivity contribution >= 4 is 18.1 Å². The molecule has 0 fully saturated rings. The molecule has 1 aromatic heterocycles. The Hall–Kier alpha value is -0.830. The Labute approximate surface area is 59.7 Å². The number of aryl methyl sites for hydroxylation is 1. The normalized spacial score (nSPS) is 8.11. The lowest BCUT2D eigenvalue weighted by Gasteiger charge is -1.88. The smallest absolute Gasteiger partial charge is 0.0726 e. The van der Waals surface area contributed by atoms with Crippen molar-refractivity contribution in [3.63, 3.8) is 0 Å². The third kappa shape index (κ3) is 2.28. The van der Waals surface area contributed by atoms with E-state index in [0.717, 1.165) is 5.69 Å². The van der Waals surface area contributed by atoms with E-state index in [2.05, 4.69) is 10.2 Å². The summed E-state index contributed by atoms with van der Waals surface area (Å²) in [5, 5.41) is 7.32. The summed E-state index contributed by atoms with van der Waals surface area (Å²) in [6.45, 7) is 1.85. The molecule has 3 nitrogen and oxygen atoms in total. The molecule has 1 aromatic rings. The van der Waals surface area contributed by atoms with Crippen LogP contribution in [0.2, 0.25) is 0 Å². The zero-order chi connectivity index (χ0) is 5.98. The average molecular weight is 146 g/mol. The van der Waals surface area contributed by atoms with Crippen molar-refractivity contribution in [2.75, 3.05) is 5.73 Å². The first-order valence-electron chi connectivity index (χ1n) is 2.34. The highest BCUT2D eigenvalue weighted by atomic mass is 35.5. The quantitative estimate of drug-likeness (QED) is 0.587. The van der Waals surface area contributed by atoms with Crippen molar-refractivity contribution in [2.24, 2.45) is 0 Å². The van der Waals surface area contributed by atoms with Gasteiger partial charge in [-0.15, -0.1) is 12.4 Å². The van der Waals surface area contributed by atoms with E-state index in [1.54, 1.807) is 6.07 Å². The fourth-order valence-corrected chi connectivity index (χ4v) is 0.494. The van der Waals surface area contributed by atoms with E-state index >= 15 is 0 Å². The molecule has 0 bridgehead atoms. The van der Waals surface area contributed by atoms with Gasteiger partial charge in [-0.3, -0.25) is 0 Å². The van der Waals surface area contributed by atoms with Crippen LogP contribution in [0.4, 0.5) is 5.69 Å². The Morgan fingerprint density at radius 1 is 1.56 bits per heavy atom. The fourth-order valence-electron chi connectivity index (χ4n) is 0.494. The Kier molecular flexibility index (Phi) is 2.95. The summed E-state index contributed by atoms with van der Waals surface area (Å²) in [4.78, 5) is 0. The maximum atomic E-state index is 5.36. The first-order valence-corrected chi connectivity index (χ1v) is 2.34. The zero-order valence-corrected chi connectivity index (χ0v) is 5.85. The molecule has 9 heavy (non-hydrogen) atoms. The summed E-state index contributed by atoms with van der Waals surface area (Å²) in [7, 11) is 0. The van der Waals surface area contributed by atoms with E-state index in [0.29, 0.717) is 5.69 Å². The highest BCUT2D eigenvalue weighted by Crippen LogP contribution is 1.96. The number of aromatic nitrogens is 2. The number of rotatable bonds is 0. The van der Waals surface area contributed by atoms with Gasteiger partial charge in [0.2, 0.25) is 0 Å². The van der Waals surface area contributed by atoms with Crippen LogP contribution in [-0.4, -0.2) is 10.2 Å². The predicted octanol–water partition coefficient (Wildman–Crippen LogP) is 0.789. The van der Waals surface area contributed by atoms with Gasteiger partial charge in [-0.05, 0) is 13.0 Å². The largest absolute Gasteiger partial charge is 0.397 e. The third-order valence-electron chi connectivity index (χ3n) is 0.798. The number of hydrogen-bond donors (Lipinski definition) is 1. The lowest BCUT2D eigenvalue weighted by Crippen LogP contribution is -1.90. The van der Waals surface area contributed by atoms with Gasteiger partial charge in [-0.2, -0.15) is 10.2 Å².